The third kappa shape index (κ3) is 7.03. The Labute approximate surface area is 243 Å². The molecule has 0 radical (unpaired) electrons. The number of carboxylic acid groups (broad SMARTS) is 1. The van der Waals surface area contributed by atoms with Gasteiger partial charge in [-0.25, -0.2) is 4.79 Å². The van der Waals surface area contributed by atoms with Gasteiger partial charge < -0.3 is 24.6 Å². The van der Waals surface area contributed by atoms with Gasteiger partial charge in [0.25, 0.3) is 5.91 Å². The molecule has 1 aliphatic heterocycles. The van der Waals surface area contributed by atoms with Gasteiger partial charge in [-0.1, -0.05) is 70.7 Å². The zero-order chi connectivity index (χ0) is 28.1. The Kier molecular flexibility index (Phi) is 9.71. The molecule has 0 unspecified atom stereocenters. The second-order valence-corrected chi connectivity index (χ2v) is 10.1. The summed E-state index contributed by atoms with van der Waals surface area (Å²) in [5.41, 5.74) is 1.25. The molecule has 8 nitrogen and oxygen atoms in total. The van der Waals surface area contributed by atoms with Gasteiger partial charge >= 0.3 is 5.97 Å². The molecule has 0 aliphatic carbocycles. The van der Waals surface area contributed by atoms with Gasteiger partial charge in [0, 0.05) is 22.0 Å². The highest BCUT2D eigenvalue weighted by atomic mass is 35.5. The van der Waals surface area contributed by atoms with Crippen LogP contribution in [-0.4, -0.2) is 47.8 Å². The molecule has 0 spiro atoms. The molecular formula is C27H21Cl4NO7. The number of ether oxygens (including phenoxy) is 3. The van der Waals surface area contributed by atoms with E-state index in [9.17, 15) is 19.5 Å². The van der Waals surface area contributed by atoms with Crippen molar-refractivity contribution in [1.29, 1.82) is 0 Å². The van der Waals surface area contributed by atoms with E-state index in [-0.39, 0.29) is 35.4 Å². The molecule has 0 aromatic heterocycles. The van der Waals surface area contributed by atoms with Gasteiger partial charge in [0.05, 0.1) is 15.6 Å². The number of nitrogens with one attached hydrogen (secondary N) is 1. The first-order chi connectivity index (χ1) is 18.7. The van der Waals surface area contributed by atoms with E-state index in [2.05, 4.69) is 5.32 Å². The molecule has 1 heterocycles. The van der Waals surface area contributed by atoms with Crippen molar-refractivity contribution in [1.82, 2.24) is 5.32 Å². The molecule has 2 N–H and O–H groups in total. The number of carbonyl (C=O) groups excluding carboxylic acids is 2. The summed E-state index contributed by atoms with van der Waals surface area (Å²) in [4.78, 5) is 37.9. The largest absolute Gasteiger partial charge is 0.489 e. The Morgan fingerprint density at radius 2 is 1.44 bits per heavy atom. The Bertz CT molecular complexity index is 1340. The third-order valence-electron chi connectivity index (χ3n) is 5.92. The van der Waals surface area contributed by atoms with E-state index in [0.717, 1.165) is 0 Å². The number of ketones is 1. The summed E-state index contributed by atoms with van der Waals surface area (Å²) in [6, 6.07) is 15.1. The van der Waals surface area contributed by atoms with Crippen LogP contribution in [0.5, 0.6) is 5.75 Å². The Hall–Kier alpha value is -2.85. The van der Waals surface area contributed by atoms with Crippen LogP contribution in [0.1, 0.15) is 21.5 Å². The van der Waals surface area contributed by atoms with E-state index in [4.69, 9.17) is 60.6 Å². The molecule has 4 rings (SSSR count). The fourth-order valence-corrected chi connectivity index (χ4v) is 4.99. The topological polar surface area (TPSA) is 111 Å². The van der Waals surface area contributed by atoms with Crippen molar-refractivity contribution in [3.05, 3.63) is 97.4 Å². The van der Waals surface area contributed by atoms with Crippen LogP contribution in [0.3, 0.4) is 0 Å². The zero-order valence-electron chi connectivity index (χ0n) is 20.0. The van der Waals surface area contributed by atoms with Gasteiger partial charge in [0.2, 0.25) is 0 Å². The summed E-state index contributed by atoms with van der Waals surface area (Å²) >= 11 is 24.6. The summed E-state index contributed by atoms with van der Waals surface area (Å²) in [6.07, 6.45) is -2.78. The zero-order valence-corrected chi connectivity index (χ0v) is 23.1. The van der Waals surface area contributed by atoms with Gasteiger partial charge in [-0.3, -0.25) is 9.59 Å². The van der Waals surface area contributed by atoms with Crippen LogP contribution in [0, 0.1) is 0 Å². The molecule has 12 heteroatoms. The molecule has 1 saturated heterocycles. The lowest BCUT2D eigenvalue weighted by molar-refractivity contribution is -0.143. The SMILES string of the molecule is O=C(O)[C@H](Cc1ccc(OCc2c(Cl)cccc2Cl)cc1)NC(=O)[C@@H]1OCO[C@H]1C(=O)c1c(Cl)cccc1Cl. The van der Waals surface area contributed by atoms with Gasteiger partial charge in [-0.2, -0.15) is 0 Å². The van der Waals surface area contributed by atoms with Crippen LogP contribution in [0.25, 0.3) is 0 Å². The minimum Gasteiger partial charge on any atom is -0.489 e. The van der Waals surface area contributed by atoms with Crippen molar-refractivity contribution < 1.29 is 33.7 Å². The number of aliphatic carboxylic acids is 1. The van der Waals surface area contributed by atoms with E-state index in [1.165, 1.54) is 12.1 Å². The van der Waals surface area contributed by atoms with Crippen molar-refractivity contribution in [3.63, 3.8) is 0 Å². The van der Waals surface area contributed by atoms with E-state index in [1.54, 1.807) is 48.5 Å². The molecule has 1 aliphatic rings. The highest BCUT2D eigenvalue weighted by Crippen LogP contribution is 2.29. The predicted molar refractivity (Wildman–Crippen MR) is 146 cm³/mol. The molecule has 1 amide bonds. The van der Waals surface area contributed by atoms with E-state index in [1.807, 2.05) is 0 Å². The van der Waals surface area contributed by atoms with Crippen molar-refractivity contribution in [2.75, 3.05) is 6.79 Å². The molecule has 0 bridgehead atoms. The lowest BCUT2D eigenvalue weighted by atomic mass is 10.0. The van der Waals surface area contributed by atoms with Crippen LogP contribution < -0.4 is 10.1 Å². The van der Waals surface area contributed by atoms with Crippen LogP contribution >= 0.6 is 46.4 Å². The number of benzene rings is 3. The second kappa shape index (κ2) is 13.0. The highest BCUT2D eigenvalue weighted by molar-refractivity contribution is 6.40. The average molecular weight is 613 g/mol. The Morgan fingerprint density at radius 3 is 2.03 bits per heavy atom. The fourth-order valence-electron chi connectivity index (χ4n) is 3.90. The first-order valence-corrected chi connectivity index (χ1v) is 13.1. The molecule has 3 atom stereocenters. The maximum Gasteiger partial charge on any atom is 0.326 e. The number of amides is 1. The molecular weight excluding hydrogens is 592 g/mol. The molecule has 204 valence electrons. The standard InChI is InChI=1S/C27H21Cl4NO7/c28-17-3-1-4-18(29)16(17)12-37-15-9-7-14(8-10-15)11-21(27(35)36)32-26(34)25-24(38-13-39-25)23(33)22-19(30)5-2-6-20(22)31/h1-10,21,24-25H,11-13H2,(H,32,34)(H,35,36)/t21-,24-,25+/m0/s1. The van der Waals surface area contributed by atoms with Crippen molar-refractivity contribution >= 4 is 64.1 Å². The maximum atomic E-state index is 13.0. The van der Waals surface area contributed by atoms with Crippen LogP contribution in [0.4, 0.5) is 0 Å². The summed E-state index contributed by atoms with van der Waals surface area (Å²) in [5.74, 6) is -2.23. The number of Topliss-reactive ketones (excluding diaryl/α,β-unsaturated/α-hetero) is 1. The number of rotatable bonds is 10. The van der Waals surface area contributed by atoms with Crippen molar-refractivity contribution in [2.24, 2.45) is 0 Å². The molecule has 0 saturated carbocycles. The van der Waals surface area contributed by atoms with Crippen LogP contribution in [0.15, 0.2) is 60.7 Å². The summed E-state index contributed by atoms with van der Waals surface area (Å²) in [5, 5.41) is 13.3. The summed E-state index contributed by atoms with van der Waals surface area (Å²) in [6.45, 7) is -0.191. The molecule has 39 heavy (non-hydrogen) atoms. The molecule has 3 aromatic carbocycles. The monoisotopic (exact) mass is 611 g/mol. The van der Waals surface area contributed by atoms with Crippen molar-refractivity contribution in [2.45, 2.75) is 31.3 Å². The minimum absolute atomic E-state index is 0.0111. The van der Waals surface area contributed by atoms with Gasteiger partial charge in [-0.05, 0) is 42.0 Å². The maximum absolute atomic E-state index is 13.0. The van der Waals surface area contributed by atoms with Gasteiger partial charge in [0.1, 0.15) is 25.2 Å². The van der Waals surface area contributed by atoms with Gasteiger partial charge in [0.15, 0.2) is 18.0 Å². The molecule has 3 aromatic rings. The summed E-state index contributed by atoms with van der Waals surface area (Å²) in [7, 11) is 0. The predicted octanol–water partition coefficient (Wildman–Crippen LogP) is 5.62. The fraction of sp³-hybridized carbons (Fsp3) is 0.222. The van der Waals surface area contributed by atoms with E-state index < -0.39 is 35.9 Å². The minimum atomic E-state index is -1.39. The number of carboxylic acids is 1. The number of carbonyl (C=O) groups is 3. The van der Waals surface area contributed by atoms with Gasteiger partial charge in [-0.15, -0.1) is 0 Å². The Balaban J connectivity index is 1.39. The first kappa shape index (κ1) is 29.1. The quantitative estimate of drug-likeness (QED) is 0.286. The molecule has 1 fully saturated rings. The normalized spacial score (nSPS) is 17.4. The second-order valence-electron chi connectivity index (χ2n) is 8.49. The van der Waals surface area contributed by atoms with Crippen molar-refractivity contribution in [3.8, 4) is 5.75 Å². The smallest absolute Gasteiger partial charge is 0.326 e. The third-order valence-corrected chi connectivity index (χ3v) is 7.26. The van der Waals surface area contributed by atoms with Crippen LogP contribution in [0.2, 0.25) is 20.1 Å². The van der Waals surface area contributed by atoms with E-state index >= 15 is 0 Å². The summed E-state index contributed by atoms with van der Waals surface area (Å²) < 4.78 is 16.4. The lowest BCUT2D eigenvalue weighted by Crippen LogP contribution is -2.50. The number of hydrogen-bond acceptors (Lipinski definition) is 6. The number of halogens is 4. The highest BCUT2D eigenvalue weighted by Gasteiger charge is 2.43. The Morgan fingerprint density at radius 1 is 0.872 bits per heavy atom. The average Bonchev–Trinajstić information content (AvgIpc) is 3.39. The van der Waals surface area contributed by atoms with Crippen LogP contribution in [-0.2, 0) is 32.1 Å². The number of hydrogen-bond donors (Lipinski definition) is 2. The lowest BCUT2D eigenvalue weighted by Gasteiger charge is -2.20. The van der Waals surface area contributed by atoms with E-state index in [0.29, 0.717) is 26.9 Å². The first-order valence-electron chi connectivity index (χ1n) is 11.5.